The fraction of sp³-hybridized carbons (Fsp3) is 0.278. The van der Waals surface area contributed by atoms with E-state index < -0.39 is 0 Å². The summed E-state index contributed by atoms with van der Waals surface area (Å²) in [6.07, 6.45) is 2.62. The number of hydrogen-bond acceptors (Lipinski definition) is 3. The quantitative estimate of drug-likeness (QED) is 0.805. The highest BCUT2D eigenvalue weighted by atomic mass is 35.5. The van der Waals surface area contributed by atoms with E-state index in [1.54, 1.807) is 0 Å². The molecule has 0 radical (unpaired) electrons. The second-order valence-corrected chi connectivity index (χ2v) is 7.31. The van der Waals surface area contributed by atoms with Crippen LogP contribution in [-0.2, 0) is 4.79 Å². The predicted octanol–water partition coefficient (Wildman–Crippen LogP) is 4.87. The standard InChI is InChI=1S/C18H18ClNO2S/c19-15-8-4-13(5-9-15)14-6-10-16(11-7-14)23-17-3-1-2-12-20(22)18(17)21/h4-11,17,22H,1-3,12H2. The van der Waals surface area contributed by atoms with Crippen molar-refractivity contribution in [2.75, 3.05) is 6.54 Å². The second kappa shape index (κ2) is 7.39. The number of carbonyl (C=O) groups excluding carboxylic acids is 1. The number of hydroxylamine groups is 2. The first-order valence-electron chi connectivity index (χ1n) is 7.66. The van der Waals surface area contributed by atoms with Crippen LogP contribution in [0.4, 0.5) is 0 Å². The molecule has 0 spiro atoms. The van der Waals surface area contributed by atoms with Gasteiger partial charge in [0.25, 0.3) is 5.91 Å². The minimum atomic E-state index is -0.205. The van der Waals surface area contributed by atoms with Crippen molar-refractivity contribution in [2.24, 2.45) is 0 Å². The van der Waals surface area contributed by atoms with Gasteiger partial charge < -0.3 is 0 Å². The van der Waals surface area contributed by atoms with Crippen LogP contribution in [0.25, 0.3) is 11.1 Å². The molecule has 1 aliphatic heterocycles. The van der Waals surface area contributed by atoms with Crippen LogP contribution in [0.3, 0.4) is 0 Å². The summed E-state index contributed by atoms with van der Waals surface area (Å²) in [6, 6.07) is 15.9. The summed E-state index contributed by atoms with van der Waals surface area (Å²) in [5.74, 6) is -0.186. The highest BCUT2D eigenvalue weighted by molar-refractivity contribution is 8.00. The molecule has 5 heteroatoms. The summed E-state index contributed by atoms with van der Waals surface area (Å²) in [4.78, 5) is 13.2. The lowest BCUT2D eigenvalue weighted by molar-refractivity contribution is -0.163. The Kier molecular flexibility index (Phi) is 5.26. The van der Waals surface area contributed by atoms with Crippen molar-refractivity contribution in [3.05, 3.63) is 53.6 Å². The number of rotatable bonds is 3. The van der Waals surface area contributed by atoms with Crippen molar-refractivity contribution in [3.8, 4) is 11.1 Å². The lowest BCUT2D eigenvalue weighted by Crippen LogP contribution is -2.33. The predicted molar refractivity (Wildman–Crippen MR) is 93.9 cm³/mol. The molecule has 0 saturated carbocycles. The normalized spacial score (nSPS) is 18.8. The molecular weight excluding hydrogens is 330 g/mol. The fourth-order valence-electron chi connectivity index (χ4n) is 2.63. The Labute approximate surface area is 145 Å². The third-order valence-corrected chi connectivity index (χ3v) is 5.44. The molecule has 1 atom stereocenters. The molecule has 3 nitrogen and oxygen atoms in total. The summed E-state index contributed by atoms with van der Waals surface area (Å²) >= 11 is 7.44. The Morgan fingerprint density at radius 1 is 1.00 bits per heavy atom. The Hall–Kier alpha value is -1.49. The van der Waals surface area contributed by atoms with E-state index in [9.17, 15) is 10.0 Å². The fourth-order valence-corrected chi connectivity index (χ4v) is 3.89. The molecule has 0 aliphatic carbocycles. The highest BCUT2D eigenvalue weighted by Crippen LogP contribution is 2.31. The van der Waals surface area contributed by atoms with Gasteiger partial charge in [-0.3, -0.25) is 10.0 Å². The summed E-state index contributed by atoms with van der Waals surface area (Å²) in [5, 5.41) is 11.1. The SMILES string of the molecule is O=C1C(Sc2ccc(-c3ccc(Cl)cc3)cc2)CCCCN1O. The molecule has 1 N–H and O–H groups in total. The molecule has 0 aromatic heterocycles. The summed E-state index contributed by atoms with van der Waals surface area (Å²) in [7, 11) is 0. The molecule has 1 aliphatic rings. The van der Waals surface area contributed by atoms with E-state index in [1.165, 1.54) is 11.8 Å². The van der Waals surface area contributed by atoms with Crippen LogP contribution in [0.15, 0.2) is 53.4 Å². The van der Waals surface area contributed by atoms with Gasteiger partial charge in [-0.1, -0.05) is 35.9 Å². The van der Waals surface area contributed by atoms with Crippen molar-refractivity contribution in [1.82, 2.24) is 5.06 Å². The molecule has 1 amide bonds. The minimum Gasteiger partial charge on any atom is -0.286 e. The van der Waals surface area contributed by atoms with E-state index >= 15 is 0 Å². The molecule has 0 bridgehead atoms. The van der Waals surface area contributed by atoms with Gasteiger partial charge in [0.2, 0.25) is 0 Å². The third kappa shape index (κ3) is 4.08. The summed E-state index contributed by atoms with van der Waals surface area (Å²) < 4.78 is 0. The molecule has 1 unspecified atom stereocenters. The number of thioether (sulfide) groups is 1. The van der Waals surface area contributed by atoms with Crippen molar-refractivity contribution in [1.29, 1.82) is 0 Å². The summed E-state index contributed by atoms with van der Waals surface area (Å²) in [6.45, 7) is 0.436. The Balaban J connectivity index is 1.72. The number of halogens is 1. The number of benzene rings is 2. The maximum Gasteiger partial charge on any atom is 0.259 e. The highest BCUT2D eigenvalue weighted by Gasteiger charge is 2.26. The third-order valence-electron chi connectivity index (χ3n) is 3.93. The first-order valence-corrected chi connectivity index (χ1v) is 8.92. The molecular formula is C18H18ClNO2S. The van der Waals surface area contributed by atoms with E-state index in [-0.39, 0.29) is 11.2 Å². The molecule has 1 saturated heterocycles. The minimum absolute atomic E-state index is 0.186. The van der Waals surface area contributed by atoms with Gasteiger partial charge in [0.15, 0.2) is 0 Å². The van der Waals surface area contributed by atoms with Crippen LogP contribution in [0.1, 0.15) is 19.3 Å². The van der Waals surface area contributed by atoms with E-state index in [0.29, 0.717) is 6.54 Å². The smallest absolute Gasteiger partial charge is 0.259 e. The van der Waals surface area contributed by atoms with E-state index in [4.69, 9.17) is 11.6 Å². The van der Waals surface area contributed by atoms with E-state index in [2.05, 4.69) is 0 Å². The Morgan fingerprint density at radius 3 is 2.26 bits per heavy atom. The molecule has 1 heterocycles. The van der Waals surface area contributed by atoms with Crippen LogP contribution >= 0.6 is 23.4 Å². The molecule has 23 heavy (non-hydrogen) atoms. The van der Waals surface area contributed by atoms with Crippen LogP contribution in [0.5, 0.6) is 0 Å². The van der Waals surface area contributed by atoms with Gasteiger partial charge in [0.1, 0.15) is 0 Å². The van der Waals surface area contributed by atoms with Crippen molar-refractivity contribution >= 4 is 29.3 Å². The molecule has 120 valence electrons. The second-order valence-electron chi connectivity index (χ2n) is 5.59. The number of nitrogens with zero attached hydrogens (tertiary/aromatic N) is 1. The van der Waals surface area contributed by atoms with Crippen LogP contribution in [0, 0.1) is 0 Å². The first-order chi connectivity index (χ1) is 11.1. The zero-order valence-electron chi connectivity index (χ0n) is 12.6. The summed E-state index contributed by atoms with van der Waals surface area (Å²) in [5.41, 5.74) is 2.22. The van der Waals surface area contributed by atoms with Gasteiger partial charge in [0.05, 0.1) is 5.25 Å². The molecule has 2 aromatic rings. The van der Waals surface area contributed by atoms with E-state index in [1.807, 2.05) is 48.5 Å². The van der Waals surface area contributed by atoms with Gasteiger partial charge in [-0.05, 0) is 54.7 Å². The van der Waals surface area contributed by atoms with Crippen molar-refractivity contribution in [2.45, 2.75) is 29.4 Å². The lowest BCUT2D eigenvalue weighted by Gasteiger charge is -2.17. The molecule has 1 fully saturated rings. The maximum absolute atomic E-state index is 12.1. The van der Waals surface area contributed by atoms with Crippen LogP contribution < -0.4 is 0 Å². The van der Waals surface area contributed by atoms with Gasteiger partial charge in [0, 0.05) is 16.5 Å². The number of carbonyl (C=O) groups is 1. The number of amides is 1. The zero-order valence-corrected chi connectivity index (χ0v) is 14.2. The molecule has 2 aromatic carbocycles. The maximum atomic E-state index is 12.1. The average molecular weight is 348 g/mol. The van der Waals surface area contributed by atoms with Gasteiger partial charge >= 0.3 is 0 Å². The Bertz CT molecular complexity index is 672. The first kappa shape index (κ1) is 16.4. The van der Waals surface area contributed by atoms with Gasteiger partial charge in [-0.25, -0.2) is 5.06 Å². The monoisotopic (exact) mass is 347 g/mol. The Morgan fingerprint density at radius 2 is 1.61 bits per heavy atom. The largest absolute Gasteiger partial charge is 0.286 e. The average Bonchev–Trinajstić information content (AvgIpc) is 2.72. The lowest BCUT2D eigenvalue weighted by atomic mass is 10.1. The van der Waals surface area contributed by atoms with Crippen molar-refractivity contribution in [3.63, 3.8) is 0 Å². The number of hydrogen-bond donors (Lipinski definition) is 1. The topological polar surface area (TPSA) is 40.5 Å². The van der Waals surface area contributed by atoms with Crippen molar-refractivity contribution < 1.29 is 10.0 Å². The van der Waals surface area contributed by atoms with Gasteiger partial charge in [-0.15, -0.1) is 11.8 Å². The van der Waals surface area contributed by atoms with Gasteiger partial charge in [-0.2, -0.15) is 0 Å². The van der Waals surface area contributed by atoms with E-state index in [0.717, 1.165) is 45.4 Å². The zero-order chi connectivity index (χ0) is 16.2. The van der Waals surface area contributed by atoms with Crippen LogP contribution in [0.2, 0.25) is 5.02 Å². The molecule has 3 rings (SSSR count). The van der Waals surface area contributed by atoms with Crippen LogP contribution in [-0.4, -0.2) is 28.0 Å².